The van der Waals surface area contributed by atoms with Crippen LogP contribution in [0, 0.1) is 0 Å². The van der Waals surface area contributed by atoms with Crippen molar-refractivity contribution in [3.63, 3.8) is 0 Å². The van der Waals surface area contributed by atoms with Gasteiger partial charge in [0.25, 0.3) is 0 Å². The largest absolute Gasteiger partial charge is 0.496 e. The number of benzene rings is 4. The van der Waals surface area contributed by atoms with E-state index in [0.717, 1.165) is 33.4 Å². The molecule has 0 atom stereocenters. The molecule has 0 aromatic heterocycles. The number of carbonyl (C=O) groups excluding carboxylic acids is 2. The van der Waals surface area contributed by atoms with E-state index in [9.17, 15) is 18.0 Å². The molecule has 0 heterocycles. The molecular weight excluding hydrogens is 721 g/mol. The molecule has 11 heteroatoms. The van der Waals surface area contributed by atoms with E-state index in [2.05, 4.69) is 13.2 Å². The minimum absolute atomic E-state index is 0.152. The molecule has 4 rings (SSSR count). The fraction of sp³-hybridized carbons (Fsp3) is 0.318. The van der Waals surface area contributed by atoms with Gasteiger partial charge in [-0.25, -0.2) is 18.0 Å². The van der Waals surface area contributed by atoms with Gasteiger partial charge < -0.3 is 28.4 Å². The topological polar surface area (TPSA) is 124 Å². The van der Waals surface area contributed by atoms with Gasteiger partial charge in [0.1, 0.15) is 22.7 Å². The number of ether oxygens (including phenoxy) is 6. The van der Waals surface area contributed by atoms with Crippen molar-refractivity contribution in [1.29, 1.82) is 0 Å². The summed E-state index contributed by atoms with van der Waals surface area (Å²) in [5.41, 5.74) is 3.77. The Bertz CT molecular complexity index is 1980. The Morgan fingerprint density at radius 3 is 1.20 bits per heavy atom. The Hall–Kier alpha value is -5.23. The van der Waals surface area contributed by atoms with Gasteiger partial charge in [-0.05, 0) is 112 Å². The molecular formula is C44H50O10S. The van der Waals surface area contributed by atoms with Crippen molar-refractivity contribution in [2.45, 2.75) is 75.7 Å². The zero-order chi connectivity index (χ0) is 40.6. The average Bonchev–Trinajstić information content (AvgIpc) is 3.14. The summed E-state index contributed by atoms with van der Waals surface area (Å²) in [6.45, 7) is 18.2. The van der Waals surface area contributed by atoms with Crippen molar-refractivity contribution in [2.75, 3.05) is 27.4 Å². The molecule has 0 radical (unpaired) electrons. The highest BCUT2D eigenvalue weighted by molar-refractivity contribution is 7.91. The molecule has 0 unspecified atom stereocenters. The highest BCUT2D eigenvalue weighted by Gasteiger charge is 2.25. The predicted octanol–water partition coefficient (Wildman–Crippen LogP) is 8.70. The van der Waals surface area contributed by atoms with Gasteiger partial charge in [-0.15, -0.1) is 0 Å². The predicted molar refractivity (Wildman–Crippen MR) is 212 cm³/mol. The number of rotatable bonds is 18. The number of esters is 2. The van der Waals surface area contributed by atoms with Crippen LogP contribution in [0.1, 0.15) is 52.7 Å². The third-order valence-corrected chi connectivity index (χ3v) is 10.2. The Kier molecular flexibility index (Phi) is 13.9. The number of hydrogen-bond donors (Lipinski definition) is 0. The summed E-state index contributed by atoms with van der Waals surface area (Å²) < 4.78 is 61.2. The van der Waals surface area contributed by atoms with Crippen molar-refractivity contribution in [1.82, 2.24) is 0 Å². The van der Waals surface area contributed by atoms with Gasteiger partial charge in [-0.1, -0.05) is 49.6 Å². The molecule has 0 saturated carbocycles. The molecule has 0 aliphatic heterocycles. The van der Waals surface area contributed by atoms with Gasteiger partial charge >= 0.3 is 11.9 Å². The zero-order valence-corrected chi connectivity index (χ0v) is 33.6. The molecule has 0 aliphatic rings. The summed E-state index contributed by atoms with van der Waals surface area (Å²) in [6, 6.07) is 24.7. The summed E-state index contributed by atoms with van der Waals surface area (Å²) >= 11 is 0. The Balaban J connectivity index is 1.45. The van der Waals surface area contributed by atoms with Crippen molar-refractivity contribution >= 4 is 21.8 Å². The summed E-state index contributed by atoms with van der Waals surface area (Å²) in [5, 5.41) is 0. The van der Waals surface area contributed by atoms with E-state index in [4.69, 9.17) is 28.4 Å². The van der Waals surface area contributed by atoms with Crippen molar-refractivity contribution in [3.8, 4) is 33.8 Å². The van der Waals surface area contributed by atoms with Crippen molar-refractivity contribution in [2.24, 2.45) is 0 Å². The number of hydrogen-bond acceptors (Lipinski definition) is 10. The van der Waals surface area contributed by atoms with Crippen LogP contribution in [0.15, 0.2) is 119 Å². The van der Waals surface area contributed by atoms with Crippen molar-refractivity contribution in [3.05, 3.63) is 120 Å². The highest BCUT2D eigenvalue weighted by Crippen LogP contribution is 2.32. The molecule has 4 aromatic carbocycles. The van der Waals surface area contributed by atoms with E-state index >= 15 is 0 Å². The van der Waals surface area contributed by atoms with Gasteiger partial charge in [0.2, 0.25) is 9.84 Å². The quantitative estimate of drug-likeness (QED) is 0.0717. The van der Waals surface area contributed by atoms with E-state index in [1.807, 2.05) is 36.4 Å². The fourth-order valence-electron chi connectivity index (χ4n) is 5.48. The van der Waals surface area contributed by atoms with E-state index < -0.39 is 33.0 Å². The lowest BCUT2D eigenvalue weighted by molar-refractivity contribution is -0.158. The number of methoxy groups -OCH3 is 2. The van der Waals surface area contributed by atoms with Crippen LogP contribution in [0.2, 0.25) is 0 Å². The first-order chi connectivity index (χ1) is 25.9. The molecule has 292 valence electrons. The van der Waals surface area contributed by atoms with E-state index in [0.29, 0.717) is 22.6 Å². The maximum Gasteiger partial charge on any atom is 0.333 e. The second-order valence-corrected chi connectivity index (χ2v) is 16.4. The minimum Gasteiger partial charge on any atom is -0.496 e. The lowest BCUT2D eigenvalue weighted by atomic mass is 10.0. The highest BCUT2D eigenvalue weighted by atomic mass is 32.2. The monoisotopic (exact) mass is 770 g/mol. The molecule has 4 aromatic rings. The zero-order valence-electron chi connectivity index (χ0n) is 32.8. The van der Waals surface area contributed by atoms with E-state index in [1.165, 1.54) is 0 Å². The Labute approximate surface area is 324 Å². The third-order valence-electron chi connectivity index (χ3n) is 8.41. The summed E-state index contributed by atoms with van der Waals surface area (Å²) in [5.74, 6) is 0.295. The first-order valence-corrected chi connectivity index (χ1v) is 19.1. The van der Waals surface area contributed by atoms with Crippen LogP contribution in [0.5, 0.6) is 11.5 Å². The average molecular weight is 771 g/mol. The molecule has 0 N–H and O–H groups in total. The molecule has 0 aliphatic carbocycles. The van der Waals surface area contributed by atoms with Gasteiger partial charge in [-0.2, -0.15) is 0 Å². The van der Waals surface area contributed by atoms with E-state index in [1.54, 1.807) is 104 Å². The molecule has 0 fully saturated rings. The minimum atomic E-state index is -3.82. The normalized spacial score (nSPS) is 11.8. The van der Waals surface area contributed by atoms with Crippen LogP contribution in [-0.2, 0) is 51.6 Å². The summed E-state index contributed by atoms with van der Waals surface area (Å²) in [4.78, 5) is 24.3. The van der Waals surface area contributed by atoms with Gasteiger partial charge in [0.15, 0.2) is 0 Å². The third kappa shape index (κ3) is 11.4. The van der Waals surface area contributed by atoms with Crippen LogP contribution in [0.4, 0.5) is 0 Å². The first kappa shape index (κ1) is 42.5. The SMILES string of the molecule is C=C(C)C(=O)OC(C)(C)COCc1cc(-c2ccc(S(=O)(=O)c3ccc(-c4ccc(OC)c(COCC(C)(C)OC(=O)C(=C)C)c4)cc3)cc2)ccc1OC. The second-order valence-electron chi connectivity index (χ2n) is 14.5. The lowest BCUT2D eigenvalue weighted by Crippen LogP contribution is -2.33. The number of carbonyl (C=O) groups is 2. The smallest absolute Gasteiger partial charge is 0.333 e. The second kappa shape index (κ2) is 17.9. The lowest BCUT2D eigenvalue weighted by Gasteiger charge is -2.25. The first-order valence-electron chi connectivity index (χ1n) is 17.6. The number of sulfone groups is 1. The molecule has 0 amide bonds. The summed E-state index contributed by atoms with van der Waals surface area (Å²) in [7, 11) is -0.670. The van der Waals surface area contributed by atoms with Crippen molar-refractivity contribution < 1.29 is 46.4 Å². The molecule has 55 heavy (non-hydrogen) atoms. The van der Waals surface area contributed by atoms with Crippen LogP contribution in [0.25, 0.3) is 22.3 Å². The van der Waals surface area contributed by atoms with Crippen LogP contribution in [-0.4, -0.2) is 59.0 Å². The molecule has 10 nitrogen and oxygen atoms in total. The van der Waals surface area contributed by atoms with Gasteiger partial charge in [0.05, 0.1) is 50.4 Å². The van der Waals surface area contributed by atoms with Crippen LogP contribution in [0.3, 0.4) is 0 Å². The Morgan fingerprint density at radius 2 is 0.891 bits per heavy atom. The Morgan fingerprint density at radius 1 is 0.564 bits per heavy atom. The summed E-state index contributed by atoms with van der Waals surface area (Å²) in [6.07, 6.45) is 0. The van der Waals surface area contributed by atoms with Crippen LogP contribution >= 0.6 is 0 Å². The molecule has 0 spiro atoms. The molecule has 0 bridgehead atoms. The van der Waals surface area contributed by atoms with E-state index in [-0.39, 0.29) is 36.2 Å². The fourth-order valence-corrected chi connectivity index (χ4v) is 6.74. The molecule has 0 saturated heterocycles. The standard InChI is InChI=1S/C44H50O10S/c1-29(2)41(45)53-43(5,6)27-51-25-35-23-33(15-21-39(35)49-9)31-11-17-37(18-12-31)55(47,48)38-19-13-32(14-20-38)34-16-22-40(50-10)36(24-34)26-52-28-44(7,8)54-42(46)30(3)4/h11-24H,1,3,25-28H2,2,4-10H3. The van der Waals surface area contributed by atoms with Gasteiger partial charge in [0, 0.05) is 22.3 Å². The van der Waals surface area contributed by atoms with Crippen LogP contribution < -0.4 is 9.47 Å². The van der Waals surface area contributed by atoms with Gasteiger partial charge in [-0.3, -0.25) is 0 Å². The maximum absolute atomic E-state index is 13.7. The maximum atomic E-state index is 13.7.